The molecule has 2 aliphatic rings. The van der Waals surface area contributed by atoms with Gasteiger partial charge in [0, 0.05) is 35.5 Å². The van der Waals surface area contributed by atoms with Gasteiger partial charge in [0.1, 0.15) is 0 Å². The van der Waals surface area contributed by atoms with Crippen molar-refractivity contribution in [3.05, 3.63) is 58.5 Å². The smallest absolute Gasteiger partial charge is 0.254 e. The van der Waals surface area contributed by atoms with Crippen molar-refractivity contribution in [2.75, 3.05) is 40.0 Å². The summed E-state index contributed by atoms with van der Waals surface area (Å²) < 4.78 is 12.4. The van der Waals surface area contributed by atoms with Gasteiger partial charge in [-0.2, -0.15) is 0 Å². The second-order valence-electron chi connectivity index (χ2n) is 8.03. The highest BCUT2D eigenvalue weighted by atomic mass is 32.1. The van der Waals surface area contributed by atoms with Crippen LogP contribution in [0, 0.1) is 0 Å². The fraction of sp³-hybridized carbons (Fsp3) is 0.375. The second kappa shape index (κ2) is 8.28. The first-order valence-electron chi connectivity index (χ1n) is 10.5. The molecule has 2 aliphatic heterocycles. The van der Waals surface area contributed by atoms with E-state index in [1.807, 2.05) is 28.4 Å². The molecule has 5 nitrogen and oxygen atoms in total. The summed E-state index contributed by atoms with van der Waals surface area (Å²) in [4.78, 5) is 17.3. The first kappa shape index (κ1) is 19.4. The largest absolute Gasteiger partial charge is 0.454 e. The van der Waals surface area contributed by atoms with E-state index in [1.54, 1.807) is 0 Å². The molecule has 6 heteroatoms. The number of rotatable bonds is 7. The van der Waals surface area contributed by atoms with Crippen LogP contribution in [0.25, 0.3) is 10.1 Å². The number of fused-ring (bicyclic) bond motifs is 4. The molecular weight excluding hydrogens is 396 g/mol. The summed E-state index contributed by atoms with van der Waals surface area (Å²) in [6.45, 7) is 3.80. The zero-order valence-electron chi connectivity index (χ0n) is 17.2. The summed E-state index contributed by atoms with van der Waals surface area (Å²) in [5.74, 6) is 1.64. The average Bonchev–Trinajstić information content (AvgIpc) is 3.41. The van der Waals surface area contributed by atoms with E-state index in [-0.39, 0.29) is 12.7 Å². The normalized spacial score (nSPS) is 15.3. The number of nitrogens with zero attached hydrogens (tertiary/aromatic N) is 2. The summed E-state index contributed by atoms with van der Waals surface area (Å²) in [6, 6.07) is 12.4. The van der Waals surface area contributed by atoms with Gasteiger partial charge in [-0.15, -0.1) is 11.3 Å². The van der Waals surface area contributed by atoms with Crippen LogP contribution in [-0.4, -0.2) is 55.7 Å². The highest BCUT2D eigenvalue weighted by Crippen LogP contribution is 2.39. The van der Waals surface area contributed by atoms with Gasteiger partial charge in [-0.3, -0.25) is 4.79 Å². The molecule has 0 atom stereocenters. The number of hydrogen-bond acceptors (Lipinski definition) is 5. The van der Waals surface area contributed by atoms with Crippen LogP contribution in [0.15, 0.2) is 41.8 Å². The molecule has 2 aromatic carbocycles. The molecule has 1 aromatic heterocycles. The maximum Gasteiger partial charge on any atom is 0.254 e. The number of hydrogen-bond donors (Lipinski definition) is 0. The Hall–Kier alpha value is -2.57. The van der Waals surface area contributed by atoms with Crippen LogP contribution in [0.5, 0.6) is 11.5 Å². The number of carbonyl (C=O) groups is 1. The van der Waals surface area contributed by atoms with Crippen molar-refractivity contribution in [2.24, 2.45) is 0 Å². The lowest BCUT2D eigenvalue weighted by molar-refractivity contribution is 0.0731. The maximum atomic E-state index is 12.9. The Bertz CT molecular complexity index is 1080. The molecule has 0 bridgehead atoms. The summed E-state index contributed by atoms with van der Waals surface area (Å²) >= 11 is 1.82. The van der Waals surface area contributed by atoms with E-state index in [0.717, 1.165) is 68.1 Å². The molecule has 156 valence electrons. The third kappa shape index (κ3) is 3.66. The monoisotopic (exact) mass is 422 g/mol. The Balaban J connectivity index is 1.12. The van der Waals surface area contributed by atoms with E-state index >= 15 is 0 Å². The summed E-state index contributed by atoms with van der Waals surface area (Å²) in [5, 5.41) is 3.67. The van der Waals surface area contributed by atoms with Crippen LogP contribution in [0.3, 0.4) is 0 Å². The van der Waals surface area contributed by atoms with Gasteiger partial charge in [0.15, 0.2) is 11.5 Å². The van der Waals surface area contributed by atoms with Gasteiger partial charge < -0.3 is 19.3 Å². The van der Waals surface area contributed by atoms with Crippen molar-refractivity contribution in [1.82, 2.24) is 9.80 Å². The second-order valence-corrected chi connectivity index (χ2v) is 8.94. The number of benzene rings is 2. The first-order chi connectivity index (χ1) is 14.7. The Kier molecular flexibility index (Phi) is 5.35. The zero-order valence-corrected chi connectivity index (χ0v) is 18.0. The predicted molar refractivity (Wildman–Crippen MR) is 120 cm³/mol. The fourth-order valence-electron chi connectivity index (χ4n) is 4.39. The topological polar surface area (TPSA) is 42.0 Å². The van der Waals surface area contributed by atoms with Crippen LogP contribution < -0.4 is 9.47 Å². The minimum absolute atomic E-state index is 0.113. The van der Waals surface area contributed by atoms with Crippen molar-refractivity contribution < 1.29 is 14.3 Å². The number of amides is 1. The Morgan fingerprint density at radius 2 is 2.03 bits per heavy atom. The van der Waals surface area contributed by atoms with Gasteiger partial charge >= 0.3 is 0 Å². The molecule has 0 unspecified atom stereocenters. The Morgan fingerprint density at radius 1 is 1.13 bits per heavy atom. The van der Waals surface area contributed by atoms with Crippen molar-refractivity contribution in [3.63, 3.8) is 0 Å². The number of ether oxygens (including phenoxy) is 2. The standard InChI is InChI=1S/C24H26N2O3S/c1-25(13-9-17-15-30-22-6-3-2-5-18(17)22)11-4-12-26-14-10-19-20(24(26)27)7-8-21-23(19)29-16-28-21/h2-3,5-8,15H,4,9-14,16H2,1H3. The molecule has 3 aromatic rings. The van der Waals surface area contributed by atoms with E-state index in [1.165, 1.54) is 15.6 Å². The highest BCUT2D eigenvalue weighted by molar-refractivity contribution is 7.17. The van der Waals surface area contributed by atoms with E-state index in [0.29, 0.717) is 0 Å². The number of carbonyl (C=O) groups excluding carboxylic acids is 1. The van der Waals surface area contributed by atoms with Crippen molar-refractivity contribution in [2.45, 2.75) is 19.3 Å². The van der Waals surface area contributed by atoms with Gasteiger partial charge in [0.05, 0.1) is 0 Å². The van der Waals surface area contributed by atoms with E-state index in [9.17, 15) is 4.79 Å². The number of thiophene rings is 1. The molecular formula is C24H26N2O3S. The average molecular weight is 423 g/mol. The Morgan fingerprint density at radius 3 is 2.97 bits per heavy atom. The van der Waals surface area contributed by atoms with E-state index < -0.39 is 0 Å². The van der Waals surface area contributed by atoms with E-state index in [4.69, 9.17) is 9.47 Å². The van der Waals surface area contributed by atoms with Crippen LogP contribution in [0.2, 0.25) is 0 Å². The third-order valence-corrected chi connectivity index (χ3v) is 7.10. The van der Waals surface area contributed by atoms with Gasteiger partial charge in [-0.05, 0) is 67.4 Å². The first-order valence-corrected chi connectivity index (χ1v) is 11.4. The van der Waals surface area contributed by atoms with Crippen molar-refractivity contribution in [1.29, 1.82) is 0 Å². The number of likely N-dealkylation sites (N-methyl/N-ethyl adjacent to an activating group) is 1. The lowest BCUT2D eigenvalue weighted by Crippen LogP contribution is -2.39. The molecule has 0 aliphatic carbocycles. The fourth-order valence-corrected chi connectivity index (χ4v) is 5.39. The molecule has 30 heavy (non-hydrogen) atoms. The minimum atomic E-state index is 0.113. The van der Waals surface area contributed by atoms with Crippen LogP contribution >= 0.6 is 11.3 Å². The molecule has 0 saturated heterocycles. The third-order valence-electron chi connectivity index (χ3n) is 6.08. The minimum Gasteiger partial charge on any atom is -0.454 e. The molecule has 0 spiro atoms. The lowest BCUT2D eigenvalue weighted by atomic mass is 9.97. The van der Waals surface area contributed by atoms with Gasteiger partial charge in [0.2, 0.25) is 6.79 Å². The summed E-state index contributed by atoms with van der Waals surface area (Å²) in [5.41, 5.74) is 3.21. The maximum absolute atomic E-state index is 12.9. The van der Waals surface area contributed by atoms with Crippen molar-refractivity contribution in [3.8, 4) is 11.5 Å². The molecule has 3 heterocycles. The van der Waals surface area contributed by atoms with Gasteiger partial charge in [-0.25, -0.2) is 0 Å². The Labute approximate surface area is 180 Å². The highest BCUT2D eigenvalue weighted by Gasteiger charge is 2.30. The molecule has 5 rings (SSSR count). The van der Waals surface area contributed by atoms with Gasteiger partial charge in [0.25, 0.3) is 5.91 Å². The zero-order chi connectivity index (χ0) is 20.5. The molecule has 0 N–H and O–H groups in total. The predicted octanol–water partition coefficient (Wildman–Crippen LogP) is 4.19. The quantitative estimate of drug-likeness (QED) is 0.573. The summed E-state index contributed by atoms with van der Waals surface area (Å²) in [7, 11) is 2.17. The van der Waals surface area contributed by atoms with Gasteiger partial charge in [-0.1, -0.05) is 18.2 Å². The van der Waals surface area contributed by atoms with Crippen LogP contribution in [0.4, 0.5) is 0 Å². The molecule has 0 saturated carbocycles. The lowest BCUT2D eigenvalue weighted by Gasteiger charge is -2.29. The SMILES string of the molecule is CN(CCCN1CCc2c(ccc3c2OCO3)C1=O)CCc1csc2ccccc12. The van der Waals surface area contributed by atoms with Crippen molar-refractivity contribution >= 4 is 27.3 Å². The van der Waals surface area contributed by atoms with Crippen LogP contribution in [0.1, 0.15) is 27.9 Å². The summed E-state index contributed by atoms with van der Waals surface area (Å²) in [6.07, 6.45) is 2.87. The molecule has 1 amide bonds. The molecule has 0 radical (unpaired) electrons. The van der Waals surface area contributed by atoms with Crippen LogP contribution in [-0.2, 0) is 12.8 Å². The van der Waals surface area contributed by atoms with E-state index in [2.05, 4.69) is 41.6 Å². The molecule has 0 fully saturated rings.